The molecule has 0 saturated carbocycles. The van der Waals surface area contributed by atoms with Crippen molar-refractivity contribution in [3.8, 4) is 5.75 Å². The van der Waals surface area contributed by atoms with Gasteiger partial charge in [0.2, 0.25) is 5.90 Å². The summed E-state index contributed by atoms with van der Waals surface area (Å²) < 4.78 is 5.86. The molecule has 22 heavy (non-hydrogen) atoms. The van der Waals surface area contributed by atoms with Crippen LogP contribution in [0.5, 0.6) is 5.75 Å². The molecule has 4 nitrogen and oxygen atoms in total. The summed E-state index contributed by atoms with van der Waals surface area (Å²) in [6.45, 7) is 3.78. The first kappa shape index (κ1) is 15.9. The van der Waals surface area contributed by atoms with E-state index in [1.54, 1.807) is 7.05 Å². The second-order valence-electron chi connectivity index (χ2n) is 4.78. The molecule has 0 amide bonds. The van der Waals surface area contributed by atoms with Gasteiger partial charge in [0.1, 0.15) is 5.75 Å². The van der Waals surface area contributed by atoms with Gasteiger partial charge in [-0.3, -0.25) is 9.98 Å². The number of aliphatic imine (C=N–C) groups is 2. The van der Waals surface area contributed by atoms with E-state index in [0.29, 0.717) is 11.6 Å². The van der Waals surface area contributed by atoms with E-state index in [4.69, 9.17) is 9.84 Å². The molecule has 0 heterocycles. The van der Waals surface area contributed by atoms with E-state index in [1.165, 1.54) is 5.56 Å². The summed E-state index contributed by atoms with van der Waals surface area (Å²) in [5.41, 5.74) is 2.72. The Morgan fingerprint density at radius 2 is 1.86 bits per heavy atom. The molecular weight excluding hydrogens is 276 g/mol. The summed E-state index contributed by atoms with van der Waals surface area (Å²) in [5, 5.41) is 8.85. The Labute approximate surface area is 130 Å². The molecule has 0 aliphatic carbocycles. The Kier molecular flexibility index (Phi) is 5.86. The van der Waals surface area contributed by atoms with Gasteiger partial charge in [0, 0.05) is 13.7 Å². The van der Waals surface area contributed by atoms with Gasteiger partial charge in [0.25, 0.3) is 0 Å². The van der Waals surface area contributed by atoms with Crippen LogP contribution >= 0.6 is 0 Å². The summed E-state index contributed by atoms with van der Waals surface area (Å²) in [6.07, 6.45) is 1.62. The highest BCUT2D eigenvalue weighted by atomic mass is 16.5. The maximum Gasteiger partial charge on any atom is 0.223 e. The minimum Gasteiger partial charge on any atom is -0.439 e. The molecule has 0 radical (unpaired) electrons. The zero-order valence-corrected chi connectivity index (χ0v) is 12.7. The molecule has 2 rings (SSSR count). The summed E-state index contributed by atoms with van der Waals surface area (Å²) >= 11 is 0. The largest absolute Gasteiger partial charge is 0.439 e. The fourth-order valence-corrected chi connectivity index (χ4v) is 2.13. The number of aryl methyl sites for hydroxylation is 1. The second kappa shape index (κ2) is 8.10. The summed E-state index contributed by atoms with van der Waals surface area (Å²) in [6, 6.07) is 15.4. The number of benzene rings is 2. The van der Waals surface area contributed by atoms with E-state index < -0.39 is 0 Å². The van der Waals surface area contributed by atoms with Crippen molar-refractivity contribution >= 4 is 18.3 Å². The number of hydrogen-bond donors (Lipinski definition) is 1. The molecule has 0 fully saturated rings. The Bertz CT molecular complexity index is 648. The molecule has 1 N–H and O–H groups in total. The molecule has 0 aliphatic heterocycles. The summed E-state index contributed by atoms with van der Waals surface area (Å²) in [4.78, 5) is 8.20. The van der Waals surface area contributed by atoms with Crippen LogP contribution in [0.3, 0.4) is 0 Å². The van der Waals surface area contributed by atoms with Gasteiger partial charge in [0.15, 0.2) is 0 Å². The van der Waals surface area contributed by atoms with Crippen molar-refractivity contribution in [1.29, 1.82) is 0 Å². The zero-order valence-electron chi connectivity index (χ0n) is 12.7. The van der Waals surface area contributed by atoms with Crippen molar-refractivity contribution in [3.05, 3.63) is 59.7 Å². The van der Waals surface area contributed by atoms with Crippen LogP contribution in [0.25, 0.3) is 0 Å². The fourth-order valence-electron chi connectivity index (χ4n) is 2.13. The van der Waals surface area contributed by atoms with Crippen LogP contribution in [-0.4, -0.2) is 31.4 Å². The molecule has 114 valence electrons. The van der Waals surface area contributed by atoms with Crippen LogP contribution in [0.1, 0.15) is 17.5 Å². The minimum absolute atomic E-state index is 0.205. The third-order valence-corrected chi connectivity index (χ3v) is 3.27. The molecule has 0 aliphatic rings. The SMILES string of the molecule is C=Nc1ccccc1C(=NC)Oc1ccc(CCCO)cc1. The molecule has 0 aromatic heterocycles. The van der Waals surface area contributed by atoms with Gasteiger partial charge in [-0.25, -0.2) is 0 Å². The van der Waals surface area contributed by atoms with E-state index in [1.807, 2.05) is 48.5 Å². The van der Waals surface area contributed by atoms with Crippen molar-refractivity contribution in [2.45, 2.75) is 12.8 Å². The smallest absolute Gasteiger partial charge is 0.223 e. The Hall–Kier alpha value is -2.46. The summed E-state index contributed by atoms with van der Waals surface area (Å²) in [5.74, 6) is 1.22. The molecular formula is C18H20N2O2. The number of aliphatic hydroxyl groups excluding tert-OH is 1. The van der Waals surface area contributed by atoms with E-state index in [-0.39, 0.29) is 6.61 Å². The van der Waals surface area contributed by atoms with Crippen molar-refractivity contribution in [1.82, 2.24) is 0 Å². The first-order valence-corrected chi connectivity index (χ1v) is 7.19. The molecule has 0 atom stereocenters. The van der Waals surface area contributed by atoms with Crippen molar-refractivity contribution < 1.29 is 9.84 Å². The minimum atomic E-state index is 0.205. The highest BCUT2D eigenvalue weighted by molar-refractivity contribution is 6.00. The number of para-hydroxylation sites is 1. The first-order chi connectivity index (χ1) is 10.8. The second-order valence-corrected chi connectivity index (χ2v) is 4.78. The highest BCUT2D eigenvalue weighted by Gasteiger charge is 2.10. The number of nitrogens with zero attached hydrogens (tertiary/aromatic N) is 2. The van der Waals surface area contributed by atoms with Gasteiger partial charge < -0.3 is 9.84 Å². The quantitative estimate of drug-likeness (QED) is 0.656. The molecule has 0 unspecified atom stereocenters. The van der Waals surface area contributed by atoms with E-state index >= 15 is 0 Å². The lowest BCUT2D eigenvalue weighted by molar-refractivity contribution is 0.288. The van der Waals surface area contributed by atoms with E-state index in [0.717, 1.165) is 24.1 Å². The Balaban J connectivity index is 2.15. The number of aliphatic hydroxyl groups is 1. The van der Waals surface area contributed by atoms with E-state index in [2.05, 4.69) is 16.7 Å². The molecule has 0 bridgehead atoms. The molecule has 4 heteroatoms. The van der Waals surface area contributed by atoms with Crippen LogP contribution < -0.4 is 4.74 Å². The maximum absolute atomic E-state index is 8.85. The third kappa shape index (κ3) is 4.02. The van der Waals surface area contributed by atoms with Gasteiger partial charge in [-0.15, -0.1) is 0 Å². The lowest BCUT2D eigenvalue weighted by atomic mass is 10.1. The van der Waals surface area contributed by atoms with E-state index in [9.17, 15) is 0 Å². The number of ether oxygens (including phenoxy) is 1. The molecule has 0 saturated heterocycles. The standard InChI is InChI=1S/C18H20N2O2/c1-19-17-8-4-3-7-16(17)18(20-2)22-15-11-9-14(10-12-15)6-5-13-21/h3-4,7-12,21H,1,5-6,13H2,2H3. The monoisotopic (exact) mass is 296 g/mol. The Morgan fingerprint density at radius 3 is 2.50 bits per heavy atom. The predicted octanol–water partition coefficient (Wildman–Crippen LogP) is 3.40. The topological polar surface area (TPSA) is 54.2 Å². The summed E-state index contributed by atoms with van der Waals surface area (Å²) in [7, 11) is 1.69. The predicted molar refractivity (Wildman–Crippen MR) is 90.6 cm³/mol. The highest BCUT2D eigenvalue weighted by Crippen LogP contribution is 2.21. The van der Waals surface area contributed by atoms with Gasteiger partial charge in [-0.1, -0.05) is 24.3 Å². The van der Waals surface area contributed by atoms with Gasteiger partial charge >= 0.3 is 0 Å². The molecule has 0 spiro atoms. The average molecular weight is 296 g/mol. The van der Waals surface area contributed by atoms with Crippen molar-refractivity contribution in [3.63, 3.8) is 0 Å². The van der Waals surface area contributed by atoms with Crippen LogP contribution in [-0.2, 0) is 6.42 Å². The lowest BCUT2D eigenvalue weighted by Crippen LogP contribution is -2.10. The fraction of sp³-hybridized carbons (Fsp3) is 0.222. The number of rotatable bonds is 6. The molecule has 2 aromatic rings. The van der Waals surface area contributed by atoms with Gasteiger partial charge in [-0.05, 0) is 49.4 Å². The third-order valence-electron chi connectivity index (χ3n) is 3.27. The van der Waals surface area contributed by atoms with Crippen LogP contribution in [0, 0.1) is 0 Å². The van der Waals surface area contributed by atoms with Gasteiger partial charge in [-0.2, -0.15) is 0 Å². The van der Waals surface area contributed by atoms with Crippen molar-refractivity contribution in [2.24, 2.45) is 9.98 Å². The van der Waals surface area contributed by atoms with Gasteiger partial charge in [0.05, 0.1) is 11.3 Å². The van der Waals surface area contributed by atoms with Crippen LogP contribution in [0.4, 0.5) is 5.69 Å². The lowest BCUT2D eigenvalue weighted by Gasteiger charge is -2.11. The van der Waals surface area contributed by atoms with Crippen molar-refractivity contribution in [2.75, 3.05) is 13.7 Å². The zero-order chi connectivity index (χ0) is 15.8. The van der Waals surface area contributed by atoms with Crippen LogP contribution in [0.2, 0.25) is 0 Å². The Morgan fingerprint density at radius 1 is 1.14 bits per heavy atom. The molecule has 2 aromatic carbocycles. The van der Waals surface area contributed by atoms with Crippen LogP contribution in [0.15, 0.2) is 58.5 Å². The normalized spacial score (nSPS) is 11.3. The number of hydrogen-bond acceptors (Lipinski definition) is 4. The first-order valence-electron chi connectivity index (χ1n) is 7.19. The average Bonchev–Trinajstić information content (AvgIpc) is 2.59. The maximum atomic E-state index is 8.85.